The first kappa shape index (κ1) is 14.4. The van der Waals surface area contributed by atoms with Crippen molar-refractivity contribution < 1.29 is 8.42 Å². The molecule has 0 spiro atoms. The molecule has 0 bridgehead atoms. The van der Waals surface area contributed by atoms with Gasteiger partial charge in [-0.15, -0.1) is 11.3 Å². The van der Waals surface area contributed by atoms with Crippen molar-refractivity contribution in [2.24, 2.45) is 5.14 Å². The zero-order chi connectivity index (χ0) is 15.2. The Hall–Kier alpha value is -1.57. The lowest BCUT2D eigenvalue weighted by molar-refractivity contribution is 0.598. The normalized spacial score (nSPS) is 18.6. The lowest BCUT2D eigenvalue weighted by Crippen LogP contribution is -2.33. The number of nitrogen functional groups attached to an aromatic ring is 1. The molecule has 2 aromatic rings. The van der Waals surface area contributed by atoms with Gasteiger partial charge < -0.3 is 10.6 Å². The van der Waals surface area contributed by atoms with Crippen LogP contribution in [-0.4, -0.2) is 15.0 Å². The molecule has 1 aliphatic heterocycles. The highest BCUT2D eigenvalue weighted by atomic mass is 32.2. The molecule has 0 aliphatic carbocycles. The first-order chi connectivity index (χ1) is 9.88. The van der Waals surface area contributed by atoms with Crippen molar-refractivity contribution in [3.05, 3.63) is 40.1 Å². The van der Waals surface area contributed by atoms with Crippen LogP contribution in [0.3, 0.4) is 0 Å². The predicted molar refractivity (Wildman–Crippen MR) is 86.0 cm³/mol. The second-order valence-corrected chi connectivity index (χ2v) is 7.72. The minimum Gasteiger partial charge on any atom is -0.398 e. The number of anilines is 2. The Kier molecular flexibility index (Phi) is 3.43. The fourth-order valence-corrected chi connectivity index (χ4v) is 4.44. The molecule has 4 N–H and O–H groups in total. The maximum absolute atomic E-state index is 11.4. The van der Waals surface area contributed by atoms with Crippen molar-refractivity contribution in [1.29, 1.82) is 0 Å². The molecule has 3 rings (SSSR count). The molecule has 1 unspecified atom stereocenters. The number of hydrogen-bond donors (Lipinski definition) is 2. The molecular weight excluding hydrogens is 306 g/mol. The number of primary sulfonamides is 1. The summed E-state index contributed by atoms with van der Waals surface area (Å²) in [6.07, 6.45) is 0.994. The van der Waals surface area contributed by atoms with Crippen molar-refractivity contribution in [1.82, 2.24) is 0 Å². The first-order valence-corrected chi connectivity index (χ1v) is 9.06. The van der Waals surface area contributed by atoms with E-state index in [0.29, 0.717) is 0 Å². The van der Waals surface area contributed by atoms with Crippen LogP contribution in [0.4, 0.5) is 11.4 Å². The minimum atomic E-state index is -3.78. The third-order valence-electron chi connectivity index (χ3n) is 3.91. The van der Waals surface area contributed by atoms with Crippen molar-refractivity contribution in [2.75, 3.05) is 17.2 Å². The fraction of sp³-hybridized carbons (Fsp3) is 0.286. The monoisotopic (exact) mass is 323 g/mol. The van der Waals surface area contributed by atoms with Gasteiger partial charge in [-0.05, 0) is 48.6 Å². The third-order valence-corrected chi connectivity index (χ3v) is 5.89. The van der Waals surface area contributed by atoms with Crippen LogP contribution in [0, 0.1) is 0 Å². The van der Waals surface area contributed by atoms with Gasteiger partial charge in [0.05, 0.1) is 11.7 Å². The van der Waals surface area contributed by atoms with Crippen LogP contribution in [-0.2, 0) is 16.4 Å². The van der Waals surface area contributed by atoms with Crippen LogP contribution in [0.25, 0.3) is 0 Å². The molecule has 0 fully saturated rings. The summed E-state index contributed by atoms with van der Waals surface area (Å²) >= 11 is 1.79. The highest BCUT2D eigenvalue weighted by Gasteiger charge is 2.25. The summed E-state index contributed by atoms with van der Waals surface area (Å²) in [7, 11) is -3.78. The van der Waals surface area contributed by atoms with Gasteiger partial charge in [0, 0.05) is 17.1 Å². The smallest absolute Gasteiger partial charge is 0.240 e. The SMILES string of the molecule is CC1c2ccsc2CCN1c1ccc(S(N)(=O)=O)c(N)c1. The van der Waals surface area contributed by atoms with E-state index < -0.39 is 10.0 Å². The number of hydrogen-bond acceptors (Lipinski definition) is 5. The van der Waals surface area contributed by atoms with E-state index in [9.17, 15) is 8.42 Å². The lowest BCUT2D eigenvalue weighted by atomic mass is 10.0. The van der Waals surface area contributed by atoms with Crippen LogP contribution < -0.4 is 15.8 Å². The quantitative estimate of drug-likeness (QED) is 0.828. The molecule has 1 atom stereocenters. The van der Waals surface area contributed by atoms with Gasteiger partial charge in [0.2, 0.25) is 10.0 Å². The van der Waals surface area contributed by atoms with E-state index in [4.69, 9.17) is 10.9 Å². The molecule has 0 amide bonds. The summed E-state index contributed by atoms with van der Waals surface area (Å²) in [5.41, 5.74) is 8.30. The molecule has 1 aliphatic rings. The number of benzene rings is 1. The van der Waals surface area contributed by atoms with E-state index in [0.717, 1.165) is 18.7 Å². The van der Waals surface area contributed by atoms with Crippen molar-refractivity contribution in [3.8, 4) is 0 Å². The Morgan fingerprint density at radius 1 is 1.33 bits per heavy atom. The summed E-state index contributed by atoms with van der Waals surface area (Å²) in [6.45, 7) is 3.04. The number of fused-ring (bicyclic) bond motifs is 1. The summed E-state index contributed by atoms with van der Waals surface area (Å²) in [5, 5.41) is 7.26. The van der Waals surface area contributed by atoms with E-state index >= 15 is 0 Å². The van der Waals surface area contributed by atoms with E-state index in [1.807, 2.05) is 0 Å². The van der Waals surface area contributed by atoms with Gasteiger partial charge in [-0.3, -0.25) is 0 Å². The molecule has 1 aromatic heterocycles. The molecule has 21 heavy (non-hydrogen) atoms. The molecule has 7 heteroatoms. The zero-order valence-corrected chi connectivity index (χ0v) is 13.2. The van der Waals surface area contributed by atoms with Crippen LogP contribution in [0.5, 0.6) is 0 Å². The summed E-state index contributed by atoms with van der Waals surface area (Å²) in [5.74, 6) is 0. The summed E-state index contributed by atoms with van der Waals surface area (Å²) in [4.78, 5) is 3.64. The van der Waals surface area contributed by atoms with Crippen molar-refractivity contribution in [2.45, 2.75) is 24.3 Å². The van der Waals surface area contributed by atoms with E-state index in [1.54, 1.807) is 23.5 Å². The molecule has 5 nitrogen and oxygen atoms in total. The lowest BCUT2D eigenvalue weighted by Gasteiger charge is -2.35. The molecule has 1 aromatic carbocycles. The van der Waals surface area contributed by atoms with Crippen LogP contribution in [0.1, 0.15) is 23.4 Å². The average Bonchev–Trinajstić information content (AvgIpc) is 2.86. The number of nitrogens with two attached hydrogens (primary N) is 2. The van der Waals surface area contributed by atoms with E-state index in [-0.39, 0.29) is 16.6 Å². The van der Waals surface area contributed by atoms with Gasteiger partial charge in [-0.2, -0.15) is 0 Å². The number of rotatable bonds is 2. The topological polar surface area (TPSA) is 89.4 Å². The second-order valence-electron chi connectivity index (χ2n) is 5.19. The Morgan fingerprint density at radius 2 is 2.10 bits per heavy atom. The molecule has 0 saturated carbocycles. The largest absolute Gasteiger partial charge is 0.398 e. The molecule has 2 heterocycles. The Bertz CT molecular complexity index is 783. The van der Waals surface area contributed by atoms with Gasteiger partial charge in [-0.25, -0.2) is 13.6 Å². The first-order valence-electron chi connectivity index (χ1n) is 6.63. The van der Waals surface area contributed by atoms with E-state index in [1.165, 1.54) is 16.5 Å². The molecule has 0 saturated heterocycles. The number of nitrogens with zero attached hydrogens (tertiary/aromatic N) is 1. The fourth-order valence-electron chi connectivity index (χ4n) is 2.84. The van der Waals surface area contributed by atoms with Gasteiger partial charge in [0.25, 0.3) is 0 Å². The zero-order valence-electron chi connectivity index (χ0n) is 11.6. The maximum atomic E-state index is 11.4. The van der Waals surface area contributed by atoms with Crippen LogP contribution in [0.2, 0.25) is 0 Å². The van der Waals surface area contributed by atoms with Crippen LogP contribution in [0.15, 0.2) is 34.5 Å². The van der Waals surface area contributed by atoms with E-state index in [2.05, 4.69) is 23.3 Å². The maximum Gasteiger partial charge on any atom is 0.240 e. The van der Waals surface area contributed by atoms with Gasteiger partial charge in [-0.1, -0.05) is 0 Å². The molecular formula is C14H17N3O2S2. The second kappa shape index (κ2) is 5.01. The molecule has 112 valence electrons. The summed E-state index contributed by atoms with van der Waals surface area (Å²) in [6, 6.07) is 7.34. The van der Waals surface area contributed by atoms with Gasteiger partial charge in [0.1, 0.15) is 4.90 Å². The summed E-state index contributed by atoms with van der Waals surface area (Å²) < 4.78 is 22.8. The average molecular weight is 323 g/mol. The number of sulfonamides is 1. The standard InChI is InChI=1S/C14H17N3O2S2/c1-9-11-5-7-20-13(11)4-6-17(9)10-2-3-14(12(15)8-10)21(16,18)19/h2-3,5,7-9H,4,6,15H2,1H3,(H2,16,18,19). The predicted octanol–water partition coefficient (Wildman–Crippen LogP) is 2.10. The van der Waals surface area contributed by atoms with Crippen molar-refractivity contribution in [3.63, 3.8) is 0 Å². The Labute approximate surface area is 128 Å². The molecule has 0 radical (unpaired) electrons. The number of thiophene rings is 1. The Balaban J connectivity index is 1.97. The van der Waals surface area contributed by atoms with Gasteiger partial charge >= 0.3 is 0 Å². The van der Waals surface area contributed by atoms with Gasteiger partial charge in [0.15, 0.2) is 0 Å². The van der Waals surface area contributed by atoms with Crippen molar-refractivity contribution >= 4 is 32.7 Å². The third kappa shape index (κ3) is 2.52. The Morgan fingerprint density at radius 3 is 2.76 bits per heavy atom. The highest BCUT2D eigenvalue weighted by Crippen LogP contribution is 2.37. The minimum absolute atomic E-state index is 0.0212. The highest BCUT2D eigenvalue weighted by molar-refractivity contribution is 7.89. The van der Waals surface area contributed by atoms with Crippen LogP contribution >= 0.6 is 11.3 Å².